The molecule has 132 valence electrons. The van der Waals surface area contributed by atoms with Crippen molar-refractivity contribution in [3.05, 3.63) is 0 Å². The number of nitrogens with two attached hydrogens (primary N) is 1. The van der Waals surface area contributed by atoms with E-state index in [1.807, 2.05) is 11.8 Å². The van der Waals surface area contributed by atoms with E-state index in [0.29, 0.717) is 12.5 Å². The van der Waals surface area contributed by atoms with Crippen LogP contribution in [0.5, 0.6) is 0 Å². The molecule has 0 radical (unpaired) electrons. The fourth-order valence-electron chi connectivity index (χ4n) is 3.48. The molecule has 4 unspecified atom stereocenters. The first-order valence-corrected chi connectivity index (χ1v) is 7.88. The number of likely N-dealkylation sites (tertiary alicyclic amines) is 1. The largest absolute Gasteiger partial charge is 0.373 e. The van der Waals surface area contributed by atoms with Crippen molar-refractivity contribution in [2.75, 3.05) is 26.2 Å². The third kappa shape index (κ3) is 6.20. The van der Waals surface area contributed by atoms with E-state index in [1.54, 1.807) is 0 Å². The monoisotopic (exact) mass is 355 g/mol. The zero-order valence-electron chi connectivity index (χ0n) is 13.9. The third-order valence-corrected chi connectivity index (χ3v) is 4.16. The van der Waals surface area contributed by atoms with E-state index in [0.717, 1.165) is 39.0 Å². The van der Waals surface area contributed by atoms with Crippen LogP contribution in [0.2, 0.25) is 0 Å². The van der Waals surface area contributed by atoms with Crippen LogP contribution in [-0.4, -0.2) is 66.2 Å². The lowest BCUT2D eigenvalue weighted by atomic mass is 10.1. The zero-order chi connectivity index (χ0) is 14.7. The van der Waals surface area contributed by atoms with Gasteiger partial charge in [0.25, 0.3) is 0 Å². The summed E-state index contributed by atoms with van der Waals surface area (Å²) in [6.45, 7) is 9.95. The van der Waals surface area contributed by atoms with Gasteiger partial charge in [0.15, 0.2) is 0 Å². The molecule has 0 aromatic rings. The number of amides is 1. The predicted molar refractivity (Wildman–Crippen MR) is 93.9 cm³/mol. The van der Waals surface area contributed by atoms with Crippen molar-refractivity contribution in [2.24, 2.45) is 5.73 Å². The Morgan fingerprint density at radius 3 is 2.41 bits per heavy atom. The van der Waals surface area contributed by atoms with Crippen LogP contribution in [0, 0.1) is 0 Å². The highest BCUT2D eigenvalue weighted by Gasteiger charge is 2.32. The summed E-state index contributed by atoms with van der Waals surface area (Å²) in [7, 11) is 0. The van der Waals surface area contributed by atoms with Crippen molar-refractivity contribution in [3.8, 4) is 0 Å². The van der Waals surface area contributed by atoms with Crippen LogP contribution in [0.15, 0.2) is 0 Å². The molecule has 0 bridgehead atoms. The predicted octanol–water partition coefficient (Wildman–Crippen LogP) is 1.67. The van der Waals surface area contributed by atoms with Gasteiger partial charge in [-0.2, -0.15) is 0 Å². The van der Waals surface area contributed by atoms with E-state index in [2.05, 4.69) is 18.7 Å². The van der Waals surface area contributed by atoms with E-state index in [-0.39, 0.29) is 49.0 Å². The summed E-state index contributed by atoms with van der Waals surface area (Å²) in [6.07, 6.45) is 3.27. The summed E-state index contributed by atoms with van der Waals surface area (Å²) in [4.78, 5) is 16.7. The number of rotatable bonds is 4. The number of carbonyl (C=O) groups is 1. The number of hydrogen-bond donors (Lipinski definition) is 1. The molecule has 0 aliphatic carbocycles. The van der Waals surface area contributed by atoms with Crippen molar-refractivity contribution in [1.82, 2.24) is 9.80 Å². The molecule has 2 N–H and O–H groups in total. The maximum atomic E-state index is 12.2. The summed E-state index contributed by atoms with van der Waals surface area (Å²) in [6, 6.07) is 0.311. The highest BCUT2D eigenvalue weighted by Crippen LogP contribution is 2.21. The molecular formula is C15H31Cl2N3O2. The van der Waals surface area contributed by atoms with Gasteiger partial charge in [-0.15, -0.1) is 24.8 Å². The van der Waals surface area contributed by atoms with Crippen LogP contribution < -0.4 is 5.73 Å². The van der Waals surface area contributed by atoms with Crippen LogP contribution in [0.3, 0.4) is 0 Å². The third-order valence-electron chi connectivity index (χ3n) is 4.16. The molecule has 2 fully saturated rings. The fraction of sp³-hybridized carbons (Fsp3) is 0.933. The van der Waals surface area contributed by atoms with E-state index in [9.17, 15) is 4.79 Å². The zero-order valence-corrected chi connectivity index (χ0v) is 15.5. The summed E-state index contributed by atoms with van der Waals surface area (Å²) in [5.74, 6) is 0.219. The molecule has 0 saturated carbocycles. The number of halogens is 2. The summed E-state index contributed by atoms with van der Waals surface area (Å²) >= 11 is 0. The first-order chi connectivity index (χ1) is 9.45. The second-order valence-electron chi connectivity index (χ2n) is 6.54. The van der Waals surface area contributed by atoms with E-state index >= 15 is 0 Å². The maximum absolute atomic E-state index is 12.2. The molecule has 0 aromatic heterocycles. The summed E-state index contributed by atoms with van der Waals surface area (Å²) < 4.78 is 5.77. The van der Waals surface area contributed by atoms with Gasteiger partial charge in [0, 0.05) is 44.7 Å². The lowest BCUT2D eigenvalue weighted by molar-refractivity contribution is -0.133. The van der Waals surface area contributed by atoms with Crippen LogP contribution in [0.4, 0.5) is 0 Å². The molecular weight excluding hydrogens is 325 g/mol. The Hall–Kier alpha value is -0.0700. The number of carbonyl (C=O) groups excluding carboxylic acids is 1. The Labute approximate surface area is 146 Å². The van der Waals surface area contributed by atoms with Crippen LogP contribution in [-0.2, 0) is 9.53 Å². The van der Waals surface area contributed by atoms with Crippen LogP contribution in [0.1, 0.15) is 40.0 Å². The van der Waals surface area contributed by atoms with Gasteiger partial charge in [0.1, 0.15) is 0 Å². The van der Waals surface area contributed by atoms with Gasteiger partial charge in [0.2, 0.25) is 5.91 Å². The standard InChI is InChI=1S/C15H29N3O2.2ClH/c1-11(16)7-15(19)18-6-4-5-14(18)10-17-8-12(2)20-13(3)9-17;;/h11-14H,4-10,16H2,1-3H3;2*1H. The Balaban J connectivity index is 0.00000220. The normalized spacial score (nSPS) is 30.4. The Morgan fingerprint density at radius 1 is 1.27 bits per heavy atom. The first kappa shape index (κ1) is 21.9. The fourth-order valence-corrected chi connectivity index (χ4v) is 3.48. The second kappa shape index (κ2) is 9.93. The van der Waals surface area contributed by atoms with Gasteiger partial charge in [-0.25, -0.2) is 0 Å². The van der Waals surface area contributed by atoms with E-state index < -0.39 is 0 Å². The molecule has 2 heterocycles. The van der Waals surface area contributed by atoms with Crippen molar-refractivity contribution < 1.29 is 9.53 Å². The average molecular weight is 356 g/mol. The molecule has 2 aliphatic heterocycles. The number of nitrogens with zero attached hydrogens (tertiary/aromatic N) is 2. The molecule has 5 nitrogen and oxygen atoms in total. The SMILES string of the molecule is CC(N)CC(=O)N1CCCC1CN1CC(C)OC(C)C1.Cl.Cl. The second-order valence-corrected chi connectivity index (χ2v) is 6.54. The van der Waals surface area contributed by atoms with Crippen LogP contribution in [0.25, 0.3) is 0 Å². The smallest absolute Gasteiger partial charge is 0.224 e. The van der Waals surface area contributed by atoms with E-state index in [1.165, 1.54) is 0 Å². The lowest BCUT2D eigenvalue weighted by Crippen LogP contribution is -2.51. The molecule has 0 spiro atoms. The quantitative estimate of drug-likeness (QED) is 0.833. The first-order valence-electron chi connectivity index (χ1n) is 7.88. The minimum atomic E-state index is -0.0489. The van der Waals surface area contributed by atoms with Crippen molar-refractivity contribution >= 4 is 30.7 Å². The molecule has 22 heavy (non-hydrogen) atoms. The molecule has 0 aromatic carbocycles. The summed E-state index contributed by atoms with van der Waals surface area (Å²) in [5, 5.41) is 0. The van der Waals surface area contributed by atoms with Gasteiger partial charge in [-0.1, -0.05) is 0 Å². The molecule has 2 saturated heterocycles. The molecule has 1 amide bonds. The van der Waals surface area contributed by atoms with Crippen molar-refractivity contribution in [2.45, 2.75) is 64.3 Å². The van der Waals surface area contributed by atoms with E-state index in [4.69, 9.17) is 10.5 Å². The molecule has 2 aliphatic rings. The highest BCUT2D eigenvalue weighted by molar-refractivity contribution is 5.85. The molecule has 2 rings (SSSR count). The Bertz CT molecular complexity index is 335. The highest BCUT2D eigenvalue weighted by atomic mass is 35.5. The van der Waals surface area contributed by atoms with Crippen molar-refractivity contribution in [3.63, 3.8) is 0 Å². The summed E-state index contributed by atoms with van der Waals surface area (Å²) in [5.41, 5.74) is 5.75. The molecule has 7 heteroatoms. The molecule has 4 atom stereocenters. The van der Waals surface area contributed by atoms with Gasteiger partial charge in [-0.05, 0) is 33.6 Å². The average Bonchev–Trinajstić information content (AvgIpc) is 2.74. The topological polar surface area (TPSA) is 58.8 Å². The number of hydrogen-bond acceptors (Lipinski definition) is 4. The van der Waals surface area contributed by atoms with Gasteiger partial charge in [0.05, 0.1) is 12.2 Å². The minimum absolute atomic E-state index is 0. The van der Waals surface area contributed by atoms with Gasteiger partial charge < -0.3 is 15.4 Å². The van der Waals surface area contributed by atoms with Gasteiger partial charge in [-0.3, -0.25) is 9.69 Å². The Morgan fingerprint density at radius 2 is 1.86 bits per heavy atom. The minimum Gasteiger partial charge on any atom is -0.373 e. The number of ether oxygens (including phenoxy) is 1. The van der Waals surface area contributed by atoms with Gasteiger partial charge >= 0.3 is 0 Å². The Kier molecular flexibility index (Phi) is 9.90. The maximum Gasteiger partial charge on any atom is 0.224 e. The van der Waals surface area contributed by atoms with Crippen molar-refractivity contribution in [1.29, 1.82) is 0 Å². The number of morpholine rings is 1. The van der Waals surface area contributed by atoms with Crippen LogP contribution >= 0.6 is 24.8 Å². The lowest BCUT2D eigenvalue weighted by Gasteiger charge is -2.38.